The van der Waals surface area contributed by atoms with Crippen LogP contribution in [-0.4, -0.2) is 30.9 Å². The van der Waals surface area contributed by atoms with Crippen LogP contribution >= 0.6 is 12.2 Å². The molecule has 1 N–H and O–H groups in total. The predicted molar refractivity (Wildman–Crippen MR) is 104 cm³/mol. The SMILES string of the molecule is Cc1cc(-c2ccccc2)n(-c2n[nH]c(=S)n2/N=C/c2ccccc2)n1. The van der Waals surface area contributed by atoms with Crippen molar-refractivity contribution in [3.05, 3.63) is 82.8 Å². The molecule has 2 aromatic carbocycles. The van der Waals surface area contributed by atoms with E-state index in [1.165, 1.54) is 0 Å². The minimum atomic E-state index is 0.402. The lowest BCUT2D eigenvalue weighted by Crippen LogP contribution is -2.07. The Hall–Kier alpha value is -3.32. The molecular weight excluding hydrogens is 344 g/mol. The van der Waals surface area contributed by atoms with Crippen LogP contribution in [0.2, 0.25) is 0 Å². The molecule has 128 valence electrons. The van der Waals surface area contributed by atoms with Crippen LogP contribution in [0.4, 0.5) is 0 Å². The van der Waals surface area contributed by atoms with Crippen LogP contribution in [-0.2, 0) is 0 Å². The molecule has 0 amide bonds. The van der Waals surface area contributed by atoms with Gasteiger partial charge in [0.1, 0.15) is 0 Å². The van der Waals surface area contributed by atoms with Crippen LogP contribution in [0.15, 0.2) is 71.8 Å². The Morgan fingerprint density at radius 3 is 2.46 bits per heavy atom. The quantitative estimate of drug-likeness (QED) is 0.442. The minimum Gasteiger partial charge on any atom is -0.248 e. The van der Waals surface area contributed by atoms with E-state index in [-0.39, 0.29) is 0 Å². The van der Waals surface area contributed by atoms with E-state index in [0.717, 1.165) is 22.5 Å². The van der Waals surface area contributed by atoms with Gasteiger partial charge in [-0.2, -0.15) is 19.6 Å². The highest BCUT2D eigenvalue weighted by molar-refractivity contribution is 7.71. The number of hydrogen-bond donors (Lipinski definition) is 1. The highest BCUT2D eigenvalue weighted by Gasteiger charge is 2.15. The molecule has 0 aliphatic carbocycles. The fourth-order valence-corrected chi connectivity index (χ4v) is 2.83. The van der Waals surface area contributed by atoms with E-state index < -0.39 is 0 Å². The molecule has 0 aliphatic rings. The van der Waals surface area contributed by atoms with E-state index in [9.17, 15) is 0 Å². The lowest BCUT2D eigenvalue weighted by Gasteiger charge is -2.06. The van der Waals surface area contributed by atoms with Crippen molar-refractivity contribution in [1.29, 1.82) is 0 Å². The van der Waals surface area contributed by atoms with Crippen molar-refractivity contribution >= 4 is 18.4 Å². The van der Waals surface area contributed by atoms with Crippen molar-refractivity contribution in [3.63, 3.8) is 0 Å². The van der Waals surface area contributed by atoms with Gasteiger partial charge >= 0.3 is 0 Å². The fraction of sp³-hybridized carbons (Fsp3) is 0.0526. The van der Waals surface area contributed by atoms with Gasteiger partial charge in [-0.1, -0.05) is 60.7 Å². The summed E-state index contributed by atoms with van der Waals surface area (Å²) < 4.78 is 3.72. The number of aromatic nitrogens is 5. The molecule has 0 saturated carbocycles. The molecule has 0 bridgehead atoms. The molecule has 0 fully saturated rings. The first-order valence-corrected chi connectivity index (χ1v) is 8.52. The summed E-state index contributed by atoms with van der Waals surface area (Å²) in [5, 5.41) is 16.2. The second-order valence-corrected chi connectivity index (χ2v) is 6.13. The molecule has 0 unspecified atom stereocenters. The molecule has 0 saturated heterocycles. The molecule has 26 heavy (non-hydrogen) atoms. The van der Waals surface area contributed by atoms with Gasteiger partial charge in [-0.15, -0.1) is 5.10 Å². The van der Waals surface area contributed by atoms with Crippen molar-refractivity contribution in [3.8, 4) is 17.2 Å². The zero-order valence-electron chi connectivity index (χ0n) is 14.1. The Morgan fingerprint density at radius 2 is 1.73 bits per heavy atom. The maximum absolute atomic E-state index is 5.35. The molecule has 4 rings (SSSR count). The van der Waals surface area contributed by atoms with E-state index in [1.807, 2.05) is 73.7 Å². The van der Waals surface area contributed by atoms with Gasteiger partial charge < -0.3 is 0 Å². The summed E-state index contributed by atoms with van der Waals surface area (Å²) in [5.41, 5.74) is 3.83. The summed E-state index contributed by atoms with van der Waals surface area (Å²) in [5.74, 6) is 0.508. The Labute approximate surface area is 155 Å². The number of aryl methyl sites for hydroxylation is 1. The summed E-state index contributed by atoms with van der Waals surface area (Å²) in [6.45, 7) is 1.95. The molecule has 0 atom stereocenters. The number of nitrogens with one attached hydrogen (secondary N) is 1. The summed E-state index contributed by atoms with van der Waals surface area (Å²) in [6.07, 6.45) is 1.74. The van der Waals surface area contributed by atoms with Crippen molar-refractivity contribution in [2.24, 2.45) is 5.10 Å². The zero-order chi connectivity index (χ0) is 17.9. The maximum atomic E-state index is 5.35. The topological polar surface area (TPSA) is 63.8 Å². The number of nitrogens with zero attached hydrogens (tertiary/aromatic N) is 5. The summed E-state index contributed by atoms with van der Waals surface area (Å²) in [6, 6.07) is 21.9. The van der Waals surface area contributed by atoms with Gasteiger partial charge in [-0.3, -0.25) is 0 Å². The van der Waals surface area contributed by atoms with E-state index >= 15 is 0 Å². The third-order valence-electron chi connectivity index (χ3n) is 3.85. The van der Waals surface area contributed by atoms with Crippen LogP contribution < -0.4 is 0 Å². The normalized spacial score (nSPS) is 11.3. The molecule has 2 heterocycles. The van der Waals surface area contributed by atoms with Gasteiger partial charge in [-0.05, 0) is 30.8 Å². The van der Waals surface area contributed by atoms with Crippen molar-refractivity contribution < 1.29 is 0 Å². The fourth-order valence-electron chi connectivity index (χ4n) is 2.65. The second-order valence-electron chi connectivity index (χ2n) is 5.74. The zero-order valence-corrected chi connectivity index (χ0v) is 14.9. The Morgan fingerprint density at radius 1 is 1.04 bits per heavy atom. The van der Waals surface area contributed by atoms with Gasteiger partial charge in [0.2, 0.25) is 4.77 Å². The first-order valence-electron chi connectivity index (χ1n) is 8.11. The lowest BCUT2D eigenvalue weighted by atomic mass is 10.1. The monoisotopic (exact) mass is 360 g/mol. The first-order chi connectivity index (χ1) is 12.7. The van der Waals surface area contributed by atoms with E-state index in [1.54, 1.807) is 15.6 Å². The van der Waals surface area contributed by atoms with E-state index in [0.29, 0.717) is 10.7 Å². The van der Waals surface area contributed by atoms with Crippen LogP contribution in [0.3, 0.4) is 0 Å². The highest BCUT2D eigenvalue weighted by atomic mass is 32.1. The van der Waals surface area contributed by atoms with Crippen molar-refractivity contribution in [1.82, 2.24) is 24.7 Å². The molecule has 0 spiro atoms. The first kappa shape index (κ1) is 16.2. The summed E-state index contributed by atoms with van der Waals surface area (Å²) in [7, 11) is 0. The Kier molecular flexibility index (Phi) is 4.28. The molecule has 0 radical (unpaired) electrons. The van der Waals surface area contributed by atoms with Crippen LogP contribution in [0, 0.1) is 11.7 Å². The van der Waals surface area contributed by atoms with Crippen molar-refractivity contribution in [2.75, 3.05) is 0 Å². The summed E-state index contributed by atoms with van der Waals surface area (Å²) >= 11 is 5.35. The number of aromatic amines is 1. The standard InChI is InChI=1S/C19H16N6S/c1-14-12-17(16-10-6-3-7-11-16)24(23-14)18-21-22-19(26)25(18)20-13-15-8-4-2-5-9-15/h2-13H,1H3,(H,22,26)/b20-13+. The van der Waals surface area contributed by atoms with E-state index in [4.69, 9.17) is 12.2 Å². The third-order valence-corrected chi connectivity index (χ3v) is 4.11. The predicted octanol–water partition coefficient (Wildman–Crippen LogP) is 3.98. The number of benzene rings is 2. The minimum absolute atomic E-state index is 0.402. The number of hydrogen-bond acceptors (Lipinski definition) is 4. The van der Waals surface area contributed by atoms with E-state index in [2.05, 4.69) is 20.4 Å². The van der Waals surface area contributed by atoms with Crippen LogP contribution in [0.25, 0.3) is 17.2 Å². The highest BCUT2D eigenvalue weighted by Crippen LogP contribution is 2.23. The third kappa shape index (κ3) is 3.12. The molecule has 0 aliphatic heterocycles. The average molecular weight is 360 g/mol. The van der Waals surface area contributed by atoms with Gasteiger partial charge in [0.25, 0.3) is 5.95 Å². The molecule has 4 aromatic rings. The molecule has 2 aromatic heterocycles. The second kappa shape index (κ2) is 6.89. The average Bonchev–Trinajstić information content (AvgIpc) is 3.24. The molecule has 7 heteroatoms. The molecular formula is C19H16N6S. The Balaban J connectivity index is 1.81. The largest absolute Gasteiger partial charge is 0.272 e. The van der Waals surface area contributed by atoms with Gasteiger partial charge in [-0.25, -0.2) is 5.10 Å². The summed E-state index contributed by atoms with van der Waals surface area (Å²) in [4.78, 5) is 0. The maximum Gasteiger partial charge on any atom is 0.272 e. The number of H-pyrrole nitrogens is 1. The van der Waals surface area contributed by atoms with Gasteiger partial charge in [0, 0.05) is 5.56 Å². The molecule has 6 nitrogen and oxygen atoms in total. The van der Waals surface area contributed by atoms with Crippen molar-refractivity contribution in [2.45, 2.75) is 6.92 Å². The van der Waals surface area contributed by atoms with Gasteiger partial charge in [0.15, 0.2) is 0 Å². The lowest BCUT2D eigenvalue weighted by molar-refractivity contribution is 0.733. The van der Waals surface area contributed by atoms with Crippen LogP contribution in [0.1, 0.15) is 11.3 Å². The van der Waals surface area contributed by atoms with Gasteiger partial charge in [0.05, 0.1) is 17.6 Å². The number of rotatable bonds is 4. The Bertz CT molecular complexity index is 1110. The van der Waals surface area contributed by atoms with Crippen LogP contribution in [0.5, 0.6) is 0 Å². The smallest absolute Gasteiger partial charge is 0.248 e.